The zero-order chi connectivity index (χ0) is 13.1. The zero-order valence-corrected chi connectivity index (χ0v) is 11.0. The Morgan fingerprint density at radius 2 is 1.83 bits per heavy atom. The Labute approximate surface area is 111 Å². The fraction of sp³-hybridized carbons (Fsp3) is 0.133. The molecule has 0 bridgehead atoms. The molecule has 0 aliphatic carbocycles. The number of halogens is 1. The molecule has 2 nitrogen and oxygen atoms in total. The van der Waals surface area contributed by atoms with Crippen molar-refractivity contribution in [1.82, 2.24) is 0 Å². The lowest BCUT2D eigenvalue weighted by Gasteiger charge is -2.10. The van der Waals surface area contributed by atoms with Gasteiger partial charge in [0.25, 0.3) is 0 Å². The summed E-state index contributed by atoms with van der Waals surface area (Å²) in [6, 6.07) is 10.8. The van der Waals surface area contributed by atoms with Gasteiger partial charge in [0.15, 0.2) is 0 Å². The number of rotatable bonds is 3. The van der Waals surface area contributed by atoms with Crippen molar-refractivity contribution in [2.45, 2.75) is 13.8 Å². The number of carbonyl (C=O) groups is 1. The molecule has 0 radical (unpaired) electrons. The van der Waals surface area contributed by atoms with E-state index in [1.165, 1.54) is 0 Å². The van der Waals surface area contributed by atoms with E-state index in [1.54, 1.807) is 18.2 Å². The Hall–Kier alpha value is -1.80. The molecular formula is C15H13ClO2. The van der Waals surface area contributed by atoms with Gasteiger partial charge in [0.1, 0.15) is 17.8 Å². The summed E-state index contributed by atoms with van der Waals surface area (Å²) in [5.74, 6) is 1.39. The van der Waals surface area contributed by atoms with Gasteiger partial charge in [0.05, 0.1) is 0 Å². The number of hydrogen-bond donors (Lipinski definition) is 0. The van der Waals surface area contributed by atoms with Gasteiger partial charge in [-0.3, -0.25) is 4.79 Å². The van der Waals surface area contributed by atoms with Crippen LogP contribution < -0.4 is 4.74 Å². The molecule has 0 unspecified atom stereocenters. The molecule has 3 heteroatoms. The number of carbonyl (C=O) groups excluding carboxylic acids is 1. The summed E-state index contributed by atoms with van der Waals surface area (Å²) in [5, 5.41) is 0.709. The first kappa shape index (κ1) is 12.7. The summed E-state index contributed by atoms with van der Waals surface area (Å²) >= 11 is 5.96. The first-order valence-electron chi connectivity index (χ1n) is 5.60. The van der Waals surface area contributed by atoms with Gasteiger partial charge in [-0.15, -0.1) is 0 Å². The van der Waals surface area contributed by atoms with E-state index >= 15 is 0 Å². The third-order valence-corrected chi connectivity index (χ3v) is 3.13. The standard InChI is InChI=1S/C15H13ClO2/c1-10-3-4-12(9-17)8-15(10)18-13-5-6-14(16)11(2)7-13/h3-9H,1-2H3. The molecule has 92 valence electrons. The Bertz CT molecular complexity index is 591. The molecular weight excluding hydrogens is 248 g/mol. The quantitative estimate of drug-likeness (QED) is 0.756. The second-order valence-corrected chi connectivity index (χ2v) is 4.56. The smallest absolute Gasteiger partial charge is 0.150 e. The Morgan fingerprint density at radius 3 is 2.50 bits per heavy atom. The predicted octanol–water partition coefficient (Wildman–Crippen LogP) is 4.56. The van der Waals surface area contributed by atoms with Gasteiger partial charge < -0.3 is 4.74 Å². The summed E-state index contributed by atoms with van der Waals surface area (Å²) in [6.07, 6.45) is 0.805. The van der Waals surface area contributed by atoms with Crippen molar-refractivity contribution in [2.75, 3.05) is 0 Å². The molecule has 0 heterocycles. The molecule has 0 spiro atoms. The zero-order valence-electron chi connectivity index (χ0n) is 10.2. The van der Waals surface area contributed by atoms with E-state index < -0.39 is 0 Å². The highest BCUT2D eigenvalue weighted by Crippen LogP contribution is 2.28. The number of hydrogen-bond acceptors (Lipinski definition) is 2. The van der Waals surface area contributed by atoms with E-state index in [4.69, 9.17) is 16.3 Å². The summed E-state index contributed by atoms with van der Waals surface area (Å²) in [4.78, 5) is 10.7. The summed E-state index contributed by atoms with van der Waals surface area (Å²) in [7, 11) is 0. The molecule has 0 aliphatic heterocycles. The molecule has 18 heavy (non-hydrogen) atoms. The fourth-order valence-electron chi connectivity index (χ4n) is 1.61. The van der Waals surface area contributed by atoms with Crippen molar-refractivity contribution >= 4 is 17.9 Å². The molecule has 0 N–H and O–H groups in total. The summed E-state index contributed by atoms with van der Waals surface area (Å²) < 4.78 is 5.77. The lowest BCUT2D eigenvalue weighted by molar-refractivity contribution is 0.112. The maximum Gasteiger partial charge on any atom is 0.150 e. The van der Waals surface area contributed by atoms with Crippen LogP contribution in [0.3, 0.4) is 0 Å². The molecule has 0 saturated carbocycles. The molecule has 2 rings (SSSR count). The SMILES string of the molecule is Cc1cc(Oc2cc(C=O)ccc2C)ccc1Cl. The molecule has 0 amide bonds. The molecule has 2 aromatic rings. The van der Waals surface area contributed by atoms with Crippen molar-refractivity contribution in [1.29, 1.82) is 0 Å². The van der Waals surface area contributed by atoms with Gasteiger partial charge in [0, 0.05) is 10.6 Å². The largest absolute Gasteiger partial charge is 0.457 e. The number of aryl methyl sites for hydroxylation is 2. The minimum absolute atomic E-state index is 0.598. The average molecular weight is 261 g/mol. The van der Waals surface area contributed by atoms with Crippen molar-refractivity contribution < 1.29 is 9.53 Å². The number of aldehydes is 1. The van der Waals surface area contributed by atoms with E-state index in [1.807, 2.05) is 32.0 Å². The molecule has 0 saturated heterocycles. The topological polar surface area (TPSA) is 26.3 Å². The highest BCUT2D eigenvalue weighted by atomic mass is 35.5. The fourth-order valence-corrected chi connectivity index (χ4v) is 1.73. The van der Waals surface area contributed by atoms with Crippen LogP contribution in [0, 0.1) is 13.8 Å². The highest BCUT2D eigenvalue weighted by molar-refractivity contribution is 6.31. The lowest BCUT2D eigenvalue weighted by Crippen LogP contribution is -1.90. The van der Waals surface area contributed by atoms with Crippen LogP contribution >= 0.6 is 11.6 Å². The van der Waals surface area contributed by atoms with Crippen LogP contribution in [-0.2, 0) is 0 Å². The molecule has 0 aromatic heterocycles. The monoisotopic (exact) mass is 260 g/mol. The molecule has 2 aromatic carbocycles. The van der Waals surface area contributed by atoms with Crippen molar-refractivity contribution in [3.63, 3.8) is 0 Å². The minimum atomic E-state index is 0.598. The van der Waals surface area contributed by atoms with Crippen LogP contribution in [0.5, 0.6) is 11.5 Å². The van der Waals surface area contributed by atoms with E-state index in [0.717, 1.165) is 17.4 Å². The van der Waals surface area contributed by atoms with Crippen molar-refractivity contribution in [3.8, 4) is 11.5 Å². The van der Waals surface area contributed by atoms with E-state index in [0.29, 0.717) is 22.1 Å². The van der Waals surface area contributed by atoms with E-state index in [-0.39, 0.29) is 0 Å². The second-order valence-electron chi connectivity index (χ2n) is 4.16. The Morgan fingerprint density at radius 1 is 1.06 bits per heavy atom. The Kier molecular flexibility index (Phi) is 3.68. The van der Waals surface area contributed by atoms with E-state index in [2.05, 4.69) is 0 Å². The lowest BCUT2D eigenvalue weighted by atomic mass is 10.1. The van der Waals surface area contributed by atoms with Crippen LogP contribution in [0.4, 0.5) is 0 Å². The number of ether oxygens (including phenoxy) is 1. The molecule has 0 aliphatic rings. The van der Waals surface area contributed by atoms with Gasteiger partial charge >= 0.3 is 0 Å². The van der Waals surface area contributed by atoms with Gasteiger partial charge in [-0.25, -0.2) is 0 Å². The molecule has 0 fully saturated rings. The van der Waals surface area contributed by atoms with Gasteiger partial charge in [-0.1, -0.05) is 23.7 Å². The maximum absolute atomic E-state index is 10.7. The first-order valence-corrected chi connectivity index (χ1v) is 5.98. The van der Waals surface area contributed by atoms with Crippen LogP contribution in [-0.4, -0.2) is 6.29 Å². The third-order valence-electron chi connectivity index (χ3n) is 2.71. The molecule has 0 atom stereocenters. The van der Waals surface area contributed by atoms with Gasteiger partial charge in [-0.2, -0.15) is 0 Å². The van der Waals surface area contributed by atoms with Crippen molar-refractivity contribution in [2.24, 2.45) is 0 Å². The second kappa shape index (κ2) is 5.23. The van der Waals surface area contributed by atoms with Gasteiger partial charge in [-0.05, 0) is 49.2 Å². The van der Waals surface area contributed by atoms with Crippen LogP contribution in [0.25, 0.3) is 0 Å². The van der Waals surface area contributed by atoms with Crippen LogP contribution in [0.15, 0.2) is 36.4 Å². The van der Waals surface area contributed by atoms with Crippen LogP contribution in [0.2, 0.25) is 5.02 Å². The normalized spacial score (nSPS) is 10.2. The summed E-state index contributed by atoms with van der Waals surface area (Å²) in [6.45, 7) is 3.86. The maximum atomic E-state index is 10.7. The van der Waals surface area contributed by atoms with Crippen LogP contribution in [0.1, 0.15) is 21.5 Å². The summed E-state index contributed by atoms with van der Waals surface area (Å²) in [5.41, 5.74) is 2.54. The van der Waals surface area contributed by atoms with E-state index in [9.17, 15) is 4.79 Å². The number of benzene rings is 2. The average Bonchev–Trinajstić information content (AvgIpc) is 2.36. The third kappa shape index (κ3) is 2.71. The Balaban J connectivity index is 2.33. The first-order chi connectivity index (χ1) is 8.60. The van der Waals surface area contributed by atoms with Crippen molar-refractivity contribution in [3.05, 3.63) is 58.1 Å². The minimum Gasteiger partial charge on any atom is -0.457 e. The predicted molar refractivity (Wildman–Crippen MR) is 72.8 cm³/mol. The van der Waals surface area contributed by atoms with Gasteiger partial charge in [0.2, 0.25) is 0 Å². The highest BCUT2D eigenvalue weighted by Gasteiger charge is 2.04.